The van der Waals surface area contributed by atoms with Gasteiger partial charge in [-0.15, -0.1) is 12.4 Å². The van der Waals surface area contributed by atoms with Crippen molar-refractivity contribution in [1.29, 1.82) is 0 Å². The predicted octanol–water partition coefficient (Wildman–Crippen LogP) is 1.52. The van der Waals surface area contributed by atoms with E-state index in [4.69, 9.17) is 15.2 Å². The van der Waals surface area contributed by atoms with E-state index in [9.17, 15) is 4.79 Å². The Balaban J connectivity index is 0.00000361. The molecular formula is C14H23ClN2O3. The Morgan fingerprint density at radius 3 is 2.50 bits per heavy atom. The monoisotopic (exact) mass is 302 g/mol. The molecule has 0 fully saturated rings. The van der Waals surface area contributed by atoms with E-state index in [1.165, 1.54) is 0 Å². The van der Waals surface area contributed by atoms with Crippen molar-refractivity contribution in [3.63, 3.8) is 0 Å². The van der Waals surface area contributed by atoms with Crippen LogP contribution < -0.4 is 20.5 Å². The van der Waals surface area contributed by atoms with Crippen LogP contribution in [0.15, 0.2) is 18.2 Å². The summed E-state index contributed by atoms with van der Waals surface area (Å²) in [5.74, 6) is 1.37. The van der Waals surface area contributed by atoms with Crippen molar-refractivity contribution in [3.05, 3.63) is 23.8 Å². The molecule has 0 bridgehead atoms. The van der Waals surface area contributed by atoms with Crippen LogP contribution in [0.4, 0.5) is 0 Å². The molecule has 20 heavy (non-hydrogen) atoms. The maximum Gasteiger partial charge on any atom is 0.220 e. The van der Waals surface area contributed by atoms with Gasteiger partial charge in [0.05, 0.1) is 14.2 Å². The zero-order valence-electron chi connectivity index (χ0n) is 12.1. The molecule has 0 aliphatic carbocycles. The highest BCUT2D eigenvalue weighted by atomic mass is 35.5. The molecule has 0 radical (unpaired) electrons. The molecule has 0 aliphatic heterocycles. The summed E-state index contributed by atoms with van der Waals surface area (Å²) in [5, 5.41) is 2.83. The van der Waals surface area contributed by atoms with Crippen molar-refractivity contribution in [2.75, 3.05) is 20.8 Å². The SMILES string of the molecule is COc1ccc(CCC(=O)N[C@@H](C)CN)cc1OC.Cl. The van der Waals surface area contributed by atoms with Crippen molar-refractivity contribution in [2.45, 2.75) is 25.8 Å². The lowest BCUT2D eigenvalue weighted by molar-refractivity contribution is -0.121. The summed E-state index contributed by atoms with van der Waals surface area (Å²) >= 11 is 0. The normalized spacial score (nSPS) is 11.2. The molecule has 0 heterocycles. The Hall–Kier alpha value is -1.46. The van der Waals surface area contributed by atoms with Crippen molar-refractivity contribution in [3.8, 4) is 11.5 Å². The highest BCUT2D eigenvalue weighted by Gasteiger charge is 2.08. The summed E-state index contributed by atoms with van der Waals surface area (Å²) in [6.45, 7) is 2.33. The van der Waals surface area contributed by atoms with Crippen LogP contribution in [0.3, 0.4) is 0 Å². The molecule has 1 aromatic carbocycles. The quantitative estimate of drug-likeness (QED) is 0.801. The molecule has 1 rings (SSSR count). The standard InChI is InChI=1S/C14H22N2O3.ClH/c1-10(9-15)16-14(17)7-5-11-4-6-12(18-2)13(8-11)19-3;/h4,6,8,10H,5,7,9,15H2,1-3H3,(H,16,17);1H/t10-;/m0./s1. The molecular weight excluding hydrogens is 280 g/mol. The molecule has 5 nitrogen and oxygen atoms in total. The molecule has 0 aromatic heterocycles. The van der Waals surface area contributed by atoms with Crippen LogP contribution in [0.25, 0.3) is 0 Å². The molecule has 0 aliphatic rings. The molecule has 0 saturated carbocycles. The van der Waals surface area contributed by atoms with E-state index in [-0.39, 0.29) is 24.4 Å². The van der Waals surface area contributed by atoms with Gasteiger partial charge in [-0.05, 0) is 31.0 Å². The zero-order chi connectivity index (χ0) is 14.3. The number of benzene rings is 1. The molecule has 3 N–H and O–H groups in total. The number of carbonyl (C=O) groups excluding carboxylic acids is 1. The maximum atomic E-state index is 11.6. The number of rotatable bonds is 7. The number of nitrogens with two attached hydrogens (primary N) is 1. The first-order valence-electron chi connectivity index (χ1n) is 6.31. The molecule has 1 atom stereocenters. The number of ether oxygens (including phenoxy) is 2. The average Bonchev–Trinajstić information content (AvgIpc) is 2.44. The first kappa shape index (κ1) is 18.5. The van der Waals surface area contributed by atoms with Gasteiger partial charge < -0.3 is 20.5 Å². The Morgan fingerprint density at radius 2 is 1.95 bits per heavy atom. The van der Waals surface area contributed by atoms with E-state index >= 15 is 0 Å². The maximum absolute atomic E-state index is 11.6. The average molecular weight is 303 g/mol. The molecule has 1 amide bonds. The molecule has 0 unspecified atom stereocenters. The van der Waals surface area contributed by atoms with Crippen molar-refractivity contribution < 1.29 is 14.3 Å². The van der Waals surface area contributed by atoms with E-state index in [0.29, 0.717) is 30.9 Å². The van der Waals surface area contributed by atoms with Crippen LogP contribution in [0, 0.1) is 0 Å². The number of halogens is 1. The topological polar surface area (TPSA) is 73.6 Å². The minimum absolute atomic E-state index is 0. The molecule has 1 aromatic rings. The van der Waals surface area contributed by atoms with Gasteiger partial charge in [-0.1, -0.05) is 6.07 Å². The predicted molar refractivity (Wildman–Crippen MR) is 81.8 cm³/mol. The highest BCUT2D eigenvalue weighted by Crippen LogP contribution is 2.27. The Labute approximate surface area is 126 Å². The fourth-order valence-corrected chi connectivity index (χ4v) is 1.70. The molecule has 0 saturated heterocycles. The first-order chi connectivity index (χ1) is 9.10. The number of carbonyl (C=O) groups is 1. The van der Waals surface area contributed by atoms with Crippen LogP contribution in [-0.2, 0) is 11.2 Å². The van der Waals surface area contributed by atoms with Gasteiger partial charge in [0.15, 0.2) is 11.5 Å². The number of hydrogen-bond donors (Lipinski definition) is 2. The lowest BCUT2D eigenvalue weighted by Gasteiger charge is -2.12. The van der Waals surface area contributed by atoms with E-state index in [1.807, 2.05) is 25.1 Å². The summed E-state index contributed by atoms with van der Waals surface area (Å²) in [7, 11) is 3.19. The Bertz CT molecular complexity index is 427. The Kier molecular flexibility index (Phi) is 8.76. The number of methoxy groups -OCH3 is 2. The lowest BCUT2D eigenvalue weighted by atomic mass is 10.1. The fourth-order valence-electron chi connectivity index (χ4n) is 1.70. The van der Waals surface area contributed by atoms with E-state index in [1.54, 1.807) is 14.2 Å². The van der Waals surface area contributed by atoms with E-state index < -0.39 is 0 Å². The van der Waals surface area contributed by atoms with Crippen molar-refractivity contribution in [2.24, 2.45) is 5.73 Å². The van der Waals surface area contributed by atoms with Crippen LogP contribution in [0.5, 0.6) is 11.5 Å². The van der Waals surface area contributed by atoms with Crippen molar-refractivity contribution >= 4 is 18.3 Å². The molecule has 114 valence electrons. The highest BCUT2D eigenvalue weighted by molar-refractivity contribution is 5.85. The van der Waals surface area contributed by atoms with Gasteiger partial charge in [0.25, 0.3) is 0 Å². The number of hydrogen-bond acceptors (Lipinski definition) is 4. The molecule has 6 heteroatoms. The Morgan fingerprint density at radius 1 is 1.30 bits per heavy atom. The third-order valence-electron chi connectivity index (χ3n) is 2.85. The largest absolute Gasteiger partial charge is 0.493 e. The number of amides is 1. The van der Waals surface area contributed by atoms with Crippen LogP contribution >= 0.6 is 12.4 Å². The second-order valence-corrected chi connectivity index (χ2v) is 4.39. The second-order valence-electron chi connectivity index (χ2n) is 4.39. The summed E-state index contributed by atoms with van der Waals surface area (Å²) in [6, 6.07) is 5.67. The van der Waals surface area contributed by atoms with Gasteiger partial charge in [-0.25, -0.2) is 0 Å². The smallest absolute Gasteiger partial charge is 0.220 e. The van der Waals surface area contributed by atoms with Crippen LogP contribution in [-0.4, -0.2) is 32.7 Å². The summed E-state index contributed by atoms with van der Waals surface area (Å²) in [4.78, 5) is 11.6. The third kappa shape index (κ3) is 5.67. The van der Waals surface area contributed by atoms with E-state index in [0.717, 1.165) is 5.56 Å². The van der Waals surface area contributed by atoms with Gasteiger partial charge in [-0.3, -0.25) is 4.79 Å². The van der Waals surface area contributed by atoms with Crippen LogP contribution in [0.1, 0.15) is 18.9 Å². The van der Waals surface area contributed by atoms with Crippen molar-refractivity contribution in [1.82, 2.24) is 5.32 Å². The number of aryl methyl sites for hydroxylation is 1. The van der Waals surface area contributed by atoms with Gasteiger partial charge >= 0.3 is 0 Å². The first-order valence-corrected chi connectivity index (χ1v) is 6.31. The summed E-state index contributed by atoms with van der Waals surface area (Å²) in [6.07, 6.45) is 1.09. The molecule has 0 spiro atoms. The van der Waals surface area contributed by atoms with Gasteiger partial charge in [-0.2, -0.15) is 0 Å². The summed E-state index contributed by atoms with van der Waals surface area (Å²) < 4.78 is 10.4. The van der Waals surface area contributed by atoms with Gasteiger partial charge in [0.2, 0.25) is 5.91 Å². The third-order valence-corrected chi connectivity index (χ3v) is 2.85. The lowest BCUT2D eigenvalue weighted by Crippen LogP contribution is -2.37. The van der Waals surface area contributed by atoms with Gasteiger partial charge in [0.1, 0.15) is 0 Å². The second kappa shape index (κ2) is 9.44. The minimum Gasteiger partial charge on any atom is -0.493 e. The minimum atomic E-state index is 0. The fraction of sp³-hybridized carbons (Fsp3) is 0.500. The number of nitrogens with one attached hydrogen (secondary N) is 1. The van der Waals surface area contributed by atoms with Crippen LogP contribution in [0.2, 0.25) is 0 Å². The van der Waals surface area contributed by atoms with Gasteiger partial charge in [0, 0.05) is 19.0 Å². The summed E-state index contributed by atoms with van der Waals surface area (Å²) in [5.41, 5.74) is 6.49. The zero-order valence-corrected chi connectivity index (χ0v) is 13.0. The van der Waals surface area contributed by atoms with E-state index in [2.05, 4.69) is 5.32 Å².